The molecule has 0 bridgehead atoms. The number of benzene rings is 1. The van der Waals surface area contributed by atoms with Crippen LogP contribution >= 0.6 is 15.9 Å². The minimum absolute atomic E-state index is 0.0198. The second kappa shape index (κ2) is 5.61. The molecule has 0 saturated carbocycles. The first kappa shape index (κ1) is 14.3. The smallest absolute Gasteiger partial charge is 0.348 e. The van der Waals surface area contributed by atoms with E-state index in [1.807, 2.05) is 4.90 Å². The SMILES string of the molecule is O=C1OC(O)C(c2ccc(C(=O)N3CCCC3)cc2)=C1Br. The zero-order valence-corrected chi connectivity index (χ0v) is 12.8. The first-order valence-electron chi connectivity index (χ1n) is 6.76. The third-order valence-corrected chi connectivity index (χ3v) is 4.47. The Hall–Kier alpha value is -1.66. The molecule has 0 aromatic heterocycles. The van der Waals surface area contributed by atoms with E-state index < -0.39 is 12.3 Å². The number of hydrogen-bond acceptors (Lipinski definition) is 4. The normalized spacial score (nSPS) is 21.9. The number of nitrogens with zero attached hydrogens (tertiary/aromatic N) is 1. The average Bonchev–Trinajstić information content (AvgIpc) is 3.08. The Morgan fingerprint density at radius 3 is 2.38 bits per heavy atom. The van der Waals surface area contributed by atoms with E-state index in [4.69, 9.17) is 4.74 Å². The highest BCUT2D eigenvalue weighted by Gasteiger charge is 2.32. The fourth-order valence-corrected chi connectivity index (χ4v) is 3.11. The van der Waals surface area contributed by atoms with Gasteiger partial charge in [0.25, 0.3) is 5.91 Å². The third-order valence-electron chi connectivity index (χ3n) is 3.72. The van der Waals surface area contributed by atoms with Gasteiger partial charge in [-0.2, -0.15) is 0 Å². The number of ether oxygens (including phenoxy) is 1. The van der Waals surface area contributed by atoms with E-state index in [1.54, 1.807) is 24.3 Å². The van der Waals surface area contributed by atoms with Crippen molar-refractivity contribution in [2.24, 2.45) is 0 Å². The second-order valence-electron chi connectivity index (χ2n) is 5.06. The van der Waals surface area contributed by atoms with Gasteiger partial charge in [-0.25, -0.2) is 4.79 Å². The number of hydrogen-bond donors (Lipinski definition) is 1. The predicted molar refractivity (Wildman–Crippen MR) is 79.5 cm³/mol. The summed E-state index contributed by atoms with van der Waals surface area (Å²) in [7, 11) is 0. The number of rotatable bonds is 2. The predicted octanol–water partition coefficient (Wildman–Crippen LogP) is 1.90. The highest BCUT2D eigenvalue weighted by molar-refractivity contribution is 9.12. The van der Waals surface area contributed by atoms with Crippen LogP contribution < -0.4 is 0 Å². The zero-order chi connectivity index (χ0) is 15.0. The van der Waals surface area contributed by atoms with Crippen molar-refractivity contribution in [2.45, 2.75) is 19.1 Å². The van der Waals surface area contributed by atoms with E-state index in [9.17, 15) is 14.7 Å². The lowest BCUT2D eigenvalue weighted by atomic mass is 10.0. The van der Waals surface area contributed by atoms with Crippen molar-refractivity contribution in [3.05, 3.63) is 39.9 Å². The summed E-state index contributed by atoms with van der Waals surface area (Å²) in [5.41, 5.74) is 1.65. The zero-order valence-electron chi connectivity index (χ0n) is 11.2. The first-order chi connectivity index (χ1) is 10.1. The highest BCUT2D eigenvalue weighted by Crippen LogP contribution is 2.33. The maximum absolute atomic E-state index is 12.2. The molecule has 1 amide bonds. The van der Waals surface area contributed by atoms with Crippen LogP contribution in [0.4, 0.5) is 0 Å². The maximum atomic E-state index is 12.2. The highest BCUT2D eigenvalue weighted by atomic mass is 79.9. The standard InChI is InChI=1S/C15H14BrNO4/c16-12-11(14(19)21-15(12)20)9-3-5-10(6-4-9)13(18)17-7-1-2-8-17/h3-6,14,19H,1-2,7-8H2. The van der Waals surface area contributed by atoms with Gasteiger partial charge in [0.2, 0.25) is 6.29 Å². The van der Waals surface area contributed by atoms with Gasteiger partial charge >= 0.3 is 5.97 Å². The van der Waals surface area contributed by atoms with E-state index in [0.717, 1.165) is 25.9 Å². The Bertz CT molecular complexity index is 617. The molecule has 1 unspecified atom stereocenters. The van der Waals surface area contributed by atoms with Crippen LogP contribution in [0.25, 0.3) is 5.57 Å². The Balaban J connectivity index is 1.84. The topological polar surface area (TPSA) is 66.8 Å². The molecule has 0 radical (unpaired) electrons. The average molecular weight is 352 g/mol. The molecule has 1 aromatic carbocycles. The summed E-state index contributed by atoms with van der Waals surface area (Å²) >= 11 is 3.12. The molecule has 3 rings (SSSR count). The summed E-state index contributed by atoms with van der Waals surface area (Å²) in [6, 6.07) is 6.84. The summed E-state index contributed by atoms with van der Waals surface area (Å²) in [5.74, 6) is -0.568. The first-order valence-corrected chi connectivity index (χ1v) is 7.55. The summed E-state index contributed by atoms with van der Waals surface area (Å²) < 4.78 is 4.94. The molecule has 6 heteroatoms. The fraction of sp³-hybridized carbons (Fsp3) is 0.333. The van der Waals surface area contributed by atoms with Gasteiger partial charge in [-0.05, 0) is 46.5 Å². The summed E-state index contributed by atoms with van der Waals surface area (Å²) in [5, 5.41) is 9.73. The van der Waals surface area contributed by atoms with Gasteiger partial charge in [-0.1, -0.05) is 12.1 Å². The van der Waals surface area contributed by atoms with Gasteiger partial charge in [0.05, 0.1) is 0 Å². The van der Waals surface area contributed by atoms with Crippen LogP contribution in [0.5, 0.6) is 0 Å². The molecule has 1 fully saturated rings. The molecule has 0 aliphatic carbocycles. The van der Waals surface area contributed by atoms with Crippen molar-refractivity contribution >= 4 is 33.4 Å². The Labute approximate surface area is 130 Å². The van der Waals surface area contributed by atoms with E-state index >= 15 is 0 Å². The van der Waals surface area contributed by atoms with Crippen LogP contribution in [0.2, 0.25) is 0 Å². The number of cyclic esters (lactones) is 1. The van der Waals surface area contributed by atoms with Crippen molar-refractivity contribution in [1.29, 1.82) is 0 Å². The number of aliphatic hydroxyl groups excluding tert-OH is 1. The number of esters is 1. The van der Waals surface area contributed by atoms with E-state index in [1.165, 1.54) is 0 Å². The van der Waals surface area contributed by atoms with E-state index in [-0.39, 0.29) is 10.4 Å². The van der Waals surface area contributed by atoms with Crippen molar-refractivity contribution in [3.63, 3.8) is 0 Å². The quantitative estimate of drug-likeness (QED) is 0.826. The van der Waals surface area contributed by atoms with Gasteiger partial charge in [0.1, 0.15) is 4.48 Å². The lowest BCUT2D eigenvalue weighted by Crippen LogP contribution is -2.27. The molecule has 1 N–H and O–H groups in total. The minimum Gasteiger partial charge on any atom is -0.427 e. The Morgan fingerprint density at radius 2 is 1.86 bits per heavy atom. The van der Waals surface area contributed by atoms with Crippen LogP contribution in [0.3, 0.4) is 0 Å². The van der Waals surface area contributed by atoms with Crippen LogP contribution in [-0.2, 0) is 9.53 Å². The fourth-order valence-electron chi connectivity index (χ4n) is 2.59. The summed E-state index contributed by atoms with van der Waals surface area (Å²) in [4.78, 5) is 25.4. The molecule has 21 heavy (non-hydrogen) atoms. The summed E-state index contributed by atoms with van der Waals surface area (Å²) in [6.45, 7) is 1.61. The molecule has 1 aromatic rings. The van der Waals surface area contributed by atoms with Crippen LogP contribution in [0.1, 0.15) is 28.8 Å². The van der Waals surface area contributed by atoms with Crippen molar-refractivity contribution in [2.75, 3.05) is 13.1 Å². The van der Waals surface area contributed by atoms with Gasteiger partial charge in [-0.15, -0.1) is 0 Å². The van der Waals surface area contributed by atoms with Crippen LogP contribution in [0.15, 0.2) is 28.7 Å². The van der Waals surface area contributed by atoms with Crippen LogP contribution in [0, 0.1) is 0 Å². The lowest BCUT2D eigenvalue weighted by molar-refractivity contribution is -0.149. The largest absolute Gasteiger partial charge is 0.427 e. The molecule has 1 saturated heterocycles. The van der Waals surface area contributed by atoms with Crippen molar-refractivity contribution in [3.8, 4) is 0 Å². The number of carbonyl (C=O) groups is 2. The molecule has 1 atom stereocenters. The molecule has 0 spiro atoms. The monoisotopic (exact) mass is 351 g/mol. The minimum atomic E-state index is -1.27. The van der Waals surface area contributed by atoms with Crippen molar-refractivity contribution in [1.82, 2.24) is 4.90 Å². The number of amides is 1. The molecule has 2 aliphatic rings. The third kappa shape index (κ3) is 2.61. The number of carbonyl (C=O) groups excluding carboxylic acids is 2. The van der Waals surface area contributed by atoms with Crippen LogP contribution in [-0.4, -0.2) is 41.3 Å². The van der Waals surface area contributed by atoms with Gasteiger partial charge in [-0.3, -0.25) is 4.79 Å². The maximum Gasteiger partial charge on any atom is 0.348 e. The van der Waals surface area contributed by atoms with Gasteiger partial charge < -0.3 is 14.7 Å². The lowest BCUT2D eigenvalue weighted by Gasteiger charge is -2.15. The van der Waals surface area contributed by atoms with Gasteiger partial charge in [0.15, 0.2) is 0 Å². The molecular weight excluding hydrogens is 338 g/mol. The molecule has 5 nitrogen and oxygen atoms in total. The second-order valence-corrected chi connectivity index (χ2v) is 5.85. The molecule has 2 aliphatic heterocycles. The molecular formula is C15H14BrNO4. The molecule has 2 heterocycles. The number of aliphatic hydroxyl groups is 1. The molecule has 110 valence electrons. The number of halogens is 1. The summed E-state index contributed by atoms with van der Waals surface area (Å²) in [6.07, 6.45) is 0.830. The Morgan fingerprint density at radius 1 is 1.24 bits per heavy atom. The van der Waals surface area contributed by atoms with E-state index in [2.05, 4.69) is 15.9 Å². The number of likely N-dealkylation sites (tertiary alicyclic amines) is 1. The van der Waals surface area contributed by atoms with Gasteiger partial charge in [0, 0.05) is 24.2 Å². The van der Waals surface area contributed by atoms with E-state index in [0.29, 0.717) is 16.7 Å². The van der Waals surface area contributed by atoms with Crippen molar-refractivity contribution < 1.29 is 19.4 Å². The Kier molecular flexibility index (Phi) is 3.82.